The summed E-state index contributed by atoms with van der Waals surface area (Å²) in [6, 6.07) is -0.921. The van der Waals surface area contributed by atoms with E-state index in [1.807, 2.05) is 0 Å². The molecule has 0 aromatic carbocycles. The monoisotopic (exact) mass is 424 g/mol. The standard InChI is InChI=1S/C18H33ClN2O5S/c1-5-6-10-7-11(20-8-10)17(25)21(3)12(9(2)19)16-14(23)13(22)15(24)18(26-16)27-4/h9-16,18,20,22-24H,5-8H2,1-4H3/t9?,10-,11+,12?,13+,14-,15-,16-,18-/m1/s1. The number of aliphatic hydroxyl groups is 3. The maximum absolute atomic E-state index is 13.0. The number of amides is 1. The molecular formula is C18H33ClN2O5S. The predicted molar refractivity (Wildman–Crippen MR) is 107 cm³/mol. The summed E-state index contributed by atoms with van der Waals surface area (Å²) in [7, 11) is 1.66. The van der Waals surface area contributed by atoms with Crippen LogP contribution in [0.1, 0.15) is 33.1 Å². The maximum Gasteiger partial charge on any atom is 0.239 e. The van der Waals surface area contributed by atoms with Gasteiger partial charge in [0.15, 0.2) is 0 Å². The molecule has 0 bridgehead atoms. The van der Waals surface area contributed by atoms with E-state index in [1.54, 1.807) is 20.2 Å². The molecule has 2 aliphatic rings. The summed E-state index contributed by atoms with van der Waals surface area (Å²) in [5, 5.41) is 33.5. The largest absolute Gasteiger partial charge is 0.388 e. The van der Waals surface area contributed by atoms with Gasteiger partial charge in [-0.1, -0.05) is 13.3 Å². The number of carbonyl (C=O) groups excluding carboxylic acids is 1. The van der Waals surface area contributed by atoms with E-state index in [1.165, 1.54) is 16.7 Å². The first-order valence-corrected chi connectivity index (χ1v) is 11.3. The molecule has 27 heavy (non-hydrogen) atoms. The number of carbonyl (C=O) groups is 1. The summed E-state index contributed by atoms with van der Waals surface area (Å²) in [6.07, 6.45) is -0.0960. The molecule has 0 radical (unpaired) electrons. The van der Waals surface area contributed by atoms with Crippen LogP contribution in [0, 0.1) is 5.92 Å². The van der Waals surface area contributed by atoms with Crippen LogP contribution >= 0.6 is 23.4 Å². The molecule has 0 aromatic heterocycles. The number of aliphatic hydroxyl groups excluding tert-OH is 3. The summed E-state index contributed by atoms with van der Waals surface area (Å²) in [5.74, 6) is 0.391. The summed E-state index contributed by atoms with van der Waals surface area (Å²) < 4.78 is 5.85. The lowest BCUT2D eigenvalue weighted by Gasteiger charge is -2.46. The molecule has 158 valence electrons. The minimum Gasteiger partial charge on any atom is -0.388 e. The molecule has 2 unspecified atom stereocenters. The fourth-order valence-electron chi connectivity index (χ4n) is 4.16. The molecule has 2 rings (SSSR count). The Bertz CT molecular complexity index is 498. The highest BCUT2D eigenvalue weighted by Gasteiger charge is 2.49. The highest BCUT2D eigenvalue weighted by Crippen LogP contribution is 2.32. The number of nitrogens with one attached hydrogen (secondary N) is 1. The lowest BCUT2D eigenvalue weighted by atomic mass is 9.92. The Morgan fingerprint density at radius 3 is 2.56 bits per heavy atom. The van der Waals surface area contributed by atoms with Crippen LogP contribution in [-0.2, 0) is 9.53 Å². The number of ether oxygens (including phenoxy) is 1. The molecule has 7 nitrogen and oxygen atoms in total. The van der Waals surface area contributed by atoms with Gasteiger partial charge in [-0.25, -0.2) is 0 Å². The van der Waals surface area contributed by atoms with Gasteiger partial charge in [-0.05, 0) is 38.5 Å². The second kappa shape index (κ2) is 10.1. The molecule has 9 heteroatoms. The normalized spacial score (nSPS) is 39.2. The first kappa shape index (κ1) is 23.2. The third-order valence-electron chi connectivity index (χ3n) is 5.66. The van der Waals surface area contributed by atoms with E-state index in [-0.39, 0.29) is 11.9 Å². The van der Waals surface area contributed by atoms with E-state index in [4.69, 9.17) is 16.3 Å². The molecule has 2 fully saturated rings. The number of thioether (sulfide) groups is 1. The Morgan fingerprint density at radius 2 is 2.00 bits per heavy atom. The smallest absolute Gasteiger partial charge is 0.239 e. The van der Waals surface area contributed by atoms with Gasteiger partial charge in [-0.3, -0.25) is 4.79 Å². The number of rotatable bonds is 7. The number of hydrogen-bond donors (Lipinski definition) is 4. The summed E-state index contributed by atoms with van der Waals surface area (Å²) in [4.78, 5) is 14.6. The number of hydrogen-bond acceptors (Lipinski definition) is 7. The van der Waals surface area contributed by atoms with Gasteiger partial charge in [-0.15, -0.1) is 23.4 Å². The Morgan fingerprint density at radius 1 is 1.33 bits per heavy atom. The van der Waals surface area contributed by atoms with E-state index < -0.39 is 41.3 Å². The van der Waals surface area contributed by atoms with Crippen LogP contribution in [0.5, 0.6) is 0 Å². The number of halogens is 1. The van der Waals surface area contributed by atoms with Gasteiger partial charge >= 0.3 is 0 Å². The van der Waals surface area contributed by atoms with Crippen molar-refractivity contribution >= 4 is 29.3 Å². The zero-order valence-corrected chi connectivity index (χ0v) is 18.0. The van der Waals surface area contributed by atoms with Crippen LogP contribution < -0.4 is 5.32 Å². The van der Waals surface area contributed by atoms with Gasteiger partial charge in [0.2, 0.25) is 5.91 Å². The van der Waals surface area contributed by atoms with Gasteiger partial charge in [0.25, 0.3) is 0 Å². The van der Waals surface area contributed by atoms with Crippen LogP contribution in [0.3, 0.4) is 0 Å². The van der Waals surface area contributed by atoms with Crippen molar-refractivity contribution in [3.8, 4) is 0 Å². The maximum atomic E-state index is 13.0. The van der Waals surface area contributed by atoms with E-state index >= 15 is 0 Å². The van der Waals surface area contributed by atoms with Crippen molar-refractivity contribution in [2.24, 2.45) is 5.92 Å². The lowest BCUT2D eigenvalue weighted by Crippen LogP contribution is -2.65. The highest BCUT2D eigenvalue weighted by molar-refractivity contribution is 7.99. The van der Waals surface area contributed by atoms with Gasteiger partial charge in [0.05, 0.1) is 17.5 Å². The molecule has 2 heterocycles. The molecule has 0 aliphatic carbocycles. The second-order valence-electron chi connectivity index (χ2n) is 7.65. The summed E-state index contributed by atoms with van der Waals surface area (Å²) in [5.41, 5.74) is -0.701. The third-order valence-corrected chi connectivity index (χ3v) is 6.77. The van der Waals surface area contributed by atoms with E-state index in [0.29, 0.717) is 5.92 Å². The average molecular weight is 425 g/mol. The van der Waals surface area contributed by atoms with Crippen molar-refractivity contribution in [2.45, 2.75) is 80.4 Å². The quantitative estimate of drug-likeness (QED) is 0.438. The number of nitrogens with zero attached hydrogens (tertiary/aromatic N) is 1. The van der Waals surface area contributed by atoms with Crippen LogP contribution in [0.25, 0.3) is 0 Å². The third kappa shape index (κ3) is 5.10. The first-order valence-electron chi connectivity index (χ1n) is 9.59. The van der Waals surface area contributed by atoms with Gasteiger partial charge in [0.1, 0.15) is 29.9 Å². The SMILES string of the molecule is CCC[C@H]1CN[C@H](C(=O)N(C)C(C(C)Cl)[C@H]2O[C@H](SC)[C@H](O)[C@@H](O)[C@H]2O)C1. The molecule has 9 atom stereocenters. The number of alkyl halides is 1. The van der Waals surface area contributed by atoms with Crippen molar-refractivity contribution in [2.75, 3.05) is 19.8 Å². The van der Waals surface area contributed by atoms with Gasteiger partial charge in [-0.2, -0.15) is 0 Å². The topological polar surface area (TPSA) is 102 Å². The molecular weight excluding hydrogens is 392 g/mol. The molecule has 2 aliphatic heterocycles. The summed E-state index contributed by atoms with van der Waals surface area (Å²) >= 11 is 7.63. The van der Waals surface area contributed by atoms with Crippen LogP contribution in [0.2, 0.25) is 0 Å². The minimum absolute atomic E-state index is 0.0942. The van der Waals surface area contributed by atoms with Crippen molar-refractivity contribution in [3.05, 3.63) is 0 Å². The molecule has 2 saturated heterocycles. The predicted octanol–water partition coefficient (Wildman–Crippen LogP) is 0.390. The van der Waals surface area contributed by atoms with Gasteiger partial charge < -0.3 is 30.3 Å². The Labute approximate surface area is 170 Å². The van der Waals surface area contributed by atoms with Crippen molar-refractivity contribution in [3.63, 3.8) is 0 Å². The highest BCUT2D eigenvalue weighted by atomic mass is 35.5. The van der Waals surface area contributed by atoms with Crippen molar-refractivity contribution in [1.29, 1.82) is 0 Å². The first-order chi connectivity index (χ1) is 12.7. The van der Waals surface area contributed by atoms with Gasteiger partial charge in [0, 0.05) is 7.05 Å². The molecule has 0 spiro atoms. The van der Waals surface area contributed by atoms with E-state index in [0.717, 1.165) is 25.8 Å². The Balaban J connectivity index is 2.14. The zero-order chi connectivity index (χ0) is 20.3. The van der Waals surface area contributed by atoms with Crippen LogP contribution in [0.15, 0.2) is 0 Å². The summed E-state index contributed by atoms with van der Waals surface area (Å²) in [6.45, 7) is 4.69. The lowest BCUT2D eigenvalue weighted by molar-refractivity contribution is -0.212. The van der Waals surface area contributed by atoms with E-state index in [9.17, 15) is 20.1 Å². The molecule has 4 N–H and O–H groups in total. The second-order valence-corrected chi connectivity index (χ2v) is 9.27. The molecule has 0 saturated carbocycles. The van der Waals surface area contributed by atoms with Crippen molar-refractivity contribution < 1.29 is 24.9 Å². The fourth-order valence-corrected chi connectivity index (χ4v) is 5.15. The fraction of sp³-hybridized carbons (Fsp3) is 0.944. The molecule has 1 amide bonds. The zero-order valence-electron chi connectivity index (χ0n) is 16.4. The molecule has 0 aromatic rings. The van der Waals surface area contributed by atoms with Crippen molar-refractivity contribution in [1.82, 2.24) is 10.2 Å². The Hall–Kier alpha value is -0.0900. The minimum atomic E-state index is -1.36. The van der Waals surface area contributed by atoms with Crippen LogP contribution in [0.4, 0.5) is 0 Å². The number of likely N-dealkylation sites (N-methyl/N-ethyl adjacent to an activating group) is 1. The van der Waals surface area contributed by atoms with Crippen LogP contribution in [-0.4, -0.2) is 93.3 Å². The average Bonchev–Trinajstić information content (AvgIpc) is 3.09. The Kier molecular flexibility index (Phi) is 8.67. The van der Waals surface area contributed by atoms with E-state index in [2.05, 4.69) is 12.2 Å².